The summed E-state index contributed by atoms with van der Waals surface area (Å²) in [6.45, 7) is 4.83. The van der Waals surface area contributed by atoms with Gasteiger partial charge in [0, 0.05) is 81.1 Å². The first-order valence-electron chi connectivity index (χ1n) is 22.1. The number of hydrogen-bond donors (Lipinski definition) is 4. The predicted molar refractivity (Wildman–Crippen MR) is 247 cm³/mol. The highest BCUT2D eigenvalue weighted by atomic mass is 32.2. The van der Waals surface area contributed by atoms with Gasteiger partial charge in [-0.3, -0.25) is 28.0 Å². The number of fused-ring (bicyclic) bond motifs is 2. The van der Waals surface area contributed by atoms with Crippen molar-refractivity contribution >= 4 is 71.0 Å². The van der Waals surface area contributed by atoms with Crippen molar-refractivity contribution in [3.05, 3.63) is 82.3 Å². The monoisotopic (exact) mass is 1040 g/mol. The average Bonchev–Trinajstić information content (AvgIpc) is 3.82. The number of nitrogens with zero attached hydrogens (tertiary/aromatic N) is 3. The first-order valence-corrected chi connectivity index (χ1v) is 26.6. The van der Waals surface area contributed by atoms with E-state index in [0.29, 0.717) is 52.2 Å². The first-order chi connectivity index (χ1) is 32.9. The minimum atomic E-state index is -4.75. The Labute approximate surface area is 405 Å². The van der Waals surface area contributed by atoms with Gasteiger partial charge in [-0.1, -0.05) is 0 Å². The number of hydroxylamine groups is 2. The molecule has 382 valence electrons. The van der Waals surface area contributed by atoms with Gasteiger partial charge >= 0.3 is 5.97 Å². The van der Waals surface area contributed by atoms with Crippen LogP contribution in [-0.2, 0) is 84.1 Å². The third-order valence-corrected chi connectivity index (χ3v) is 15.2. The molecular formula is C45H56N3O19S3+. The Morgan fingerprint density at radius 1 is 0.757 bits per heavy atom. The lowest BCUT2D eigenvalue weighted by atomic mass is 9.73. The Bertz CT molecular complexity index is 2890. The number of carbonyl (C=O) groups is 4. The van der Waals surface area contributed by atoms with E-state index in [1.807, 2.05) is 0 Å². The third kappa shape index (κ3) is 11.8. The standard InChI is InChI=1S/C45H55N3O19S3/c1-44(14-6-24-68(54,55)56)33-25-29(69(57,58)59)9-11-36(33)47(17-19-65-22-23-66-21-20-64-4)37(44)27-31-42(52)32(43(31)53)28-38-45(2,15-18-63-3)34-26-30(70(60,61)62)8-10-35(34)46(38)16-5-7-41(51)67-48-39(49)12-13-40(48)50/h8-11,25-28H,5-7,12-24H2,1-4H3,(H3-,52,53,54,55,56,57,58,59,60,61,62)/p+1. The minimum Gasteiger partial charge on any atom is -0.506 e. The van der Waals surface area contributed by atoms with Gasteiger partial charge in [0.25, 0.3) is 42.2 Å². The number of ketones is 1. The van der Waals surface area contributed by atoms with E-state index in [9.17, 15) is 63.2 Å². The molecule has 4 aliphatic rings. The van der Waals surface area contributed by atoms with Gasteiger partial charge in [0.1, 0.15) is 12.4 Å². The smallest absolute Gasteiger partial charge is 0.333 e. The summed E-state index contributed by atoms with van der Waals surface area (Å²) in [4.78, 5) is 57.3. The number of carbonyl (C=O) groups excluding carboxylic acids is 4. The van der Waals surface area contributed by atoms with Gasteiger partial charge in [-0.25, -0.2) is 4.79 Å². The van der Waals surface area contributed by atoms with Crippen molar-refractivity contribution in [3.8, 4) is 0 Å². The Morgan fingerprint density at radius 2 is 1.36 bits per heavy atom. The number of ether oxygens (including phenoxy) is 4. The van der Waals surface area contributed by atoms with Crippen molar-refractivity contribution in [3.63, 3.8) is 0 Å². The van der Waals surface area contributed by atoms with E-state index in [-0.39, 0.29) is 95.6 Å². The molecule has 2 aromatic rings. The zero-order chi connectivity index (χ0) is 51.4. The van der Waals surface area contributed by atoms with Crippen molar-refractivity contribution in [1.82, 2.24) is 5.06 Å². The molecule has 1 saturated heterocycles. The molecule has 22 nitrogen and oxygen atoms in total. The van der Waals surface area contributed by atoms with Gasteiger partial charge in [-0.2, -0.15) is 29.8 Å². The maximum absolute atomic E-state index is 14.5. The highest BCUT2D eigenvalue weighted by Gasteiger charge is 2.51. The quantitative estimate of drug-likeness (QED) is 0.0365. The second-order valence-electron chi connectivity index (χ2n) is 17.3. The van der Waals surface area contributed by atoms with Crippen molar-refractivity contribution in [2.24, 2.45) is 0 Å². The Balaban J connectivity index is 1.43. The van der Waals surface area contributed by atoms with E-state index in [1.165, 1.54) is 62.8 Å². The Kier molecular flexibility index (Phi) is 16.7. The molecule has 25 heteroatoms. The van der Waals surface area contributed by atoms with E-state index in [0.717, 1.165) is 0 Å². The second kappa shape index (κ2) is 21.6. The topological polar surface area (TPSA) is 307 Å². The number of aliphatic hydroxyl groups is 1. The number of benzene rings is 2. The number of rotatable bonds is 25. The summed E-state index contributed by atoms with van der Waals surface area (Å²) in [5.74, 6) is -4.00. The molecule has 3 heterocycles. The molecule has 2 amide bonds. The molecule has 1 aliphatic carbocycles. The van der Waals surface area contributed by atoms with Crippen molar-refractivity contribution in [2.75, 3.05) is 77.6 Å². The largest absolute Gasteiger partial charge is 0.506 e. The summed E-state index contributed by atoms with van der Waals surface area (Å²) < 4.78 is 127. The number of amides is 2. The van der Waals surface area contributed by atoms with Crippen LogP contribution >= 0.6 is 0 Å². The van der Waals surface area contributed by atoms with E-state index in [4.69, 9.17) is 23.8 Å². The average molecular weight is 1040 g/mol. The van der Waals surface area contributed by atoms with Gasteiger partial charge < -0.3 is 33.8 Å². The van der Waals surface area contributed by atoms with Crippen LogP contribution in [0.15, 0.2) is 80.9 Å². The normalized spacial score (nSPS) is 21.7. The fourth-order valence-corrected chi connectivity index (χ4v) is 10.5. The summed E-state index contributed by atoms with van der Waals surface area (Å²) in [6.07, 6.45) is 2.39. The molecule has 2 atom stereocenters. The molecule has 0 saturated carbocycles. The number of imide groups is 1. The number of methoxy groups -OCH3 is 2. The molecule has 4 N–H and O–H groups in total. The number of Topliss-reactive ketones (excluding diaryl/α,β-unsaturated/α-hetero) is 1. The van der Waals surface area contributed by atoms with Crippen LogP contribution in [0.3, 0.4) is 0 Å². The van der Waals surface area contributed by atoms with Crippen LogP contribution in [0.1, 0.15) is 69.9 Å². The van der Waals surface area contributed by atoms with Crippen LogP contribution in [0.5, 0.6) is 0 Å². The van der Waals surface area contributed by atoms with Crippen LogP contribution in [0.4, 0.5) is 11.4 Å². The fourth-order valence-electron chi connectivity index (χ4n) is 9.02. The molecule has 1 fully saturated rings. The highest BCUT2D eigenvalue weighted by Crippen LogP contribution is 2.52. The molecule has 0 aromatic heterocycles. The molecule has 70 heavy (non-hydrogen) atoms. The number of allylic oxidation sites excluding steroid dienone is 5. The van der Waals surface area contributed by atoms with Crippen LogP contribution in [0, 0.1) is 0 Å². The predicted octanol–water partition coefficient (Wildman–Crippen LogP) is 3.29. The minimum absolute atomic E-state index is 0.0223. The second-order valence-corrected chi connectivity index (χ2v) is 21.8. The lowest BCUT2D eigenvalue weighted by molar-refractivity contribution is -0.442. The Morgan fingerprint density at radius 3 is 1.96 bits per heavy atom. The molecule has 3 aliphatic heterocycles. The van der Waals surface area contributed by atoms with Gasteiger partial charge in [0.05, 0.1) is 58.5 Å². The highest BCUT2D eigenvalue weighted by molar-refractivity contribution is 7.86. The summed E-state index contributed by atoms with van der Waals surface area (Å²) in [6, 6.07) is 7.78. The number of hydrogen-bond acceptors (Lipinski definition) is 17. The number of aliphatic hydroxyl groups excluding tert-OH is 1. The lowest BCUT2D eigenvalue weighted by Crippen LogP contribution is -2.35. The zero-order valence-electron chi connectivity index (χ0n) is 38.9. The van der Waals surface area contributed by atoms with Gasteiger partial charge in [0.15, 0.2) is 12.3 Å². The maximum Gasteiger partial charge on any atom is 0.333 e. The fraction of sp³-hybridized carbons (Fsp3) is 0.489. The molecular weight excluding hydrogens is 983 g/mol. The van der Waals surface area contributed by atoms with E-state index < -0.39 is 86.1 Å². The SMILES string of the molecule is COCCOCCOCC[N+]1=C(C=C2C(=O)C(C=C3N(CCCC(=O)ON4C(=O)CCC4=O)c4ccc(S(=O)(=O)O)cc4C3(C)CCOC)=C2O)C(C)(CCCS(=O)(=O)O)c2cc(S(=O)(=O)O)ccc21. The molecule has 0 bridgehead atoms. The number of anilines is 1. The van der Waals surface area contributed by atoms with Crippen LogP contribution in [0.25, 0.3) is 0 Å². The molecule has 2 unspecified atom stereocenters. The zero-order valence-corrected chi connectivity index (χ0v) is 41.4. The molecule has 0 spiro atoms. The van der Waals surface area contributed by atoms with Crippen LogP contribution in [0.2, 0.25) is 0 Å². The van der Waals surface area contributed by atoms with Gasteiger partial charge in [-0.15, -0.1) is 5.06 Å². The van der Waals surface area contributed by atoms with E-state index in [1.54, 1.807) is 23.3 Å². The molecule has 0 radical (unpaired) electrons. The third-order valence-electron chi connectivity index (χ3n) is 12.7. The van der Waals surface area contributed by atoms with Gasteiger partial charge in [-0.05, 0) is 81.5 Å². The van der Waals surface area contributed by atoms with Crippen LogP contribution in [-0.4, -0.2) is 156 Å². The van der Waals surface area contributed by atoms with Crippen molar-refractivity contribution in [1.29, 1.82) is 0 Å². The van der Waals surface area contributed by atoms with Crippen molar-refractivity contribution < 1.29 is 91.6 Å². The summed E-state index contributed by atoms with van der Waals surface area (Å²) in [7, 11) is -10.9. The van der Waals surface area contributed by atoms with Gasteiger partial charge in [0.2, 0.25) is 11.5 Å². The van der Waals surface area contributed by atoms with Crippen molar-refractivity contribution in [2.45, 2.75) is 79.4 Å². The molecule has 6 rings (SSSR count). The lowest BCUT2D eigenvalue weighted by Gasteiger charge is -2.32. The summed E-state index contributed by atoms with van der Waals surface area (Å²) in [5, 5.41) is 12.3. The maximum atomic E-state index is 14.5. The summed E-state index contributed by atoms with van der Waals surface area (Å²) in [5.41, 5.74) is -0.596. The Hall–Kier alpha value is -5.22. The van der Waals surface area contributed by atoms with E-state index in [2.05, 4.69) is 0 Å². The molecule has 2 aromatic carbocycles. The first kappa shape index (κ1) is 54.1. The van der Waals surface area contributed by atoms with E-state index >= 15 is 0 Å². The van der Waals surface area contributed by atoms with Crippen LogP contribution < -0.4 is 4.90 Å². The summed E-state index contributed by atoms with van der Waals surface area (Å²) >= 11 is 0.